The Bertz CT molecular complexity index is 449. The summed E-state index contributed by atoms with van der Waals surface area (Å²) in [5.41, 5.74) is 2.30. The Morgan fingerprint density at radius 1 is 1.25 bits per heavy atom. The van der Waals surface area contributed by atoms with Gasteiger partial charge >= 0.3 is 0 Å². The van der Waals surface area contributed by atoms with Crippen LogP contribution in [0.2, 0.25) is 0 Å². The SMILES string of the molecule is CC(C)c1cc(CCl)cc(N2CC(C)N(C)C(C)C2)n1. The third-order valence-electron chi connectivity index (χ3n) is 4.32. The number of hydrogen-bond acceptors (Lipinski definition) is 3. The molecule has 1 aromatic heterocycles. The van der Waals surface area contributed by atoms with E-state index >= 15 is 0 Å². The van der Waals surface area contributed by atoms with Crippen LogP contribution in [0.3, 0.4) is 0 Å². The lowest BCUT2D eigenvalue weighted by Gasteiger charge is -2.43. The van der Waals surface area contributed by atoms with Gasteiger partial charge in [-0.15, -0.1) is 11.6 Å². The molecule has 0 amide bonds. The minimum absolute atomic E-state index is 0.430. The Morgan fingerprint density at radius 2 is 1.85 bits per heavy atom. The van der Waals surface area contributed by atoms with Crippen LogP contribution in [0.4, 0.5) is 5.82 Å². The van der Waals surface area contributed by atoms with Gasteiger partial charge in [-0.1, -0.05) is 13.8 Å². The van der Waals surface area contributed by atoms with E-state index in [0.717, 1.165) is 24.6 Å². The van der Waals surface area contributed by atoms with Crippen molar-refractivity contribution in [1.29, 1.82) is 0 Å². The van der Waals surface area contributed by atoms with Gasteiger partial charge in [0.15, 0.2) is 0 Å². The van der Waals surface area contributed by atoms with Gasteiger partial charge in [-0.25, -0.2) is 4.98 Å². The first-order valence-electron chi connectivity index (χ1n) is 7.46. The molecular weight excluding hydrogens is 270 g/mol. The molecule has 2 heterocycles. The molecule has 1 fully saturated rings. The average Bonchev–Trinajstić information content (AvgIpc) is 2.43. The summed E-state index contributed by atoms with van der Waals surface area (Å²) in [7, 11) is 2.20. The highest BCUT2D eigenvalue weighted by molar-refractivity contribution is 6.17. The molecule has 4 heteroatoms. The largest absolute Gasteiger partial charge is 0.353 e. The van der Waals surface area contributed by atoms with Crippen molar-refractivity contribution < 1.29 is 0 Å². The van der Waals surface area contributed by atoms with Crippen molar-refractivity contribution in [2.45, 2.75) is 51.6 Å². The number of piperazine rings is 1. The third kappa shape index (κ3) is 3.26. The van der Waals surface area contributed by atoms with E-state index in [0.29, 0.717) is 23.9 Å². The smallest absolute Gasteiger partial charge is 0.129 e. The van der Waals surface area contributed by atoms with E-state index in [1.807, 2.05) is 0 Å². The fourth-order valence-corrected chi connectivity index (χ4v) is 2.87. The van der Waals surface area contributed by atoms with Crippen molar-refractivity contribution in [2.75, 3.05) is 25.0 Å². The highest BCUT2D eigenvalue weighted by Crippen LogP contribution is 2.24. The summed E-state index contributed by atoms with van der Waals surface area (Å²) in [6.45, 7) is 11.0. The van der Waals surface area contributed by atoms with E-state index in [9.17, 15) is 0 Å². The van der Waals surface area contributed by atoms with Crippen LogP contribution in [0.25, 0.3) is 0 Å². The highest BCUT2D eigenvalue weighted by atomic mass is 35.5. The number of anilines is 1. The van der Waals surface area contributed by atoms with Gasteiger partial charge in [0.25, 0.3) is 0 Å². The predicted molar refractivity (Wildman–Crippen MR) is 86.8 cm³/mol. The summed E-state index contributed by atoms with van der Waals surface area (Å²) in [4.78, 5) is 9.68. The number of pyridine rings is 1. The Balaban J connectivity index is 2.30. The Labute approximate surface area is 127 Å². The van der Waals surface area contributed by atoms with Gasteiger partial charge in [0.05, 0.1) is 0 Å². The van der Waals surface area contributed by atoms with Crippen molar-refractivity contribution in [3.05, 3.63) is 23.4 Å². The molecule has 2 atom stereocenters. The number of nitrogens with zero attached hydrogens (tertiary/aromatic N) is 3. The molecule has 0 saturated carbocycles. The normalized spacial score (nSPS) is 24.4. The highest BCUT2D eigenvalue weighted by Gasteiger charge is 2.27. The summed E-state index contributed by atoms with van der Waals surface area (Å²) in [5, 5.41) is 0. The molecule has 0 bridgehead atoms. The van der Waals surface area contributed by atoms with Crippen LogP contribution < -0.4 is 4.90 Å². The molecule has 2 rings (SSSR count). The maximum atomic E-state index is 6.04. The minimum Gasteiger partial charge on any atom is -0.353 e. The maximum Gasteiger partial charge on any atom is 0.129 e. The van der Waals surface area contributed by atoms with Crippen molar-refractivity contribution >= 4 is 17.4 Å². The van der Waals surface area contributed by atoms with Gasteiger partial charge in [0, 0.05) is 36.7 Å². The van der Waals surface area contributed by atoms with E-state index in [2.05, 4.69) is 56.7 Å². The first kappa shape index (κ1) is 15.6. The molecule has 0 spiro atoms. The second kappa shape index (κ2) is 6.31. The molecule has 0 aliphatic carbocycles. The zero-order valence-corrected chi connectivity index (χ0v) is 14.0. The second-order valence-electron chi connectivity index (χ2n) is 6.32. The standard InChI is InChI=1S/C16H26ClN3/c1-11(2)15-6-14(8-17)7-16(18-15)20-9-12(3)19(5)13(4)10-20/h6-7,11-13H,8-10H2,1-5H3. The van der Waals surface area contributed by atoms with Gasteiger partial charge in [-0.3, -0.25) is 4.90 Å². The van der Waals surface area contributed by atoms with Gasteiger partial charge in [-0.05, 0) is 44.5 Å². The molecular formula is C16H26ClN3. The van der Waals surface area contributed by atoms with Crippen molar-refractivity contribution in [2.24, 2.45) is 0 Å². The van der Waals surface area contributed by atoms with Crippen LogP contribution in [0.5, 0.6) is 0 Å². The molecule has 1 saturated heterocycles. The first-order chi connectivity index (χ1) is 9.42. The maximum absolute atomic E-state index is 6.04. The summed E-state index contributed by atoms with van der Waals surface area (Å²) < 4.78 is 0. The molecule has 1 aromatic rings. The van der Waals surface area contributed by atoms with Gasteiger partial charge < -0.3 is 4.90 Å². The monoisotopic (exact) mass is 295 g/mol. The quantitative estimate of drug-likeness (QED) is 0.796. The van der Waals surface area contributed by atoms with Crippen molar-refractivity contribution in [3.63, 3.8) is 0 Å². The Kier molecular flexibility index (Phi) is 4.92. The number of hydrogen-bond donors (Lipinski definition) is 0. The lowest BCUT2D eigenvalue weighted by Crippen LogP contribution is -2.55. The fourth-order valence-electron chi connectivity index (χ4n) is 2.72. The second-order valence-corrected chi connectivity index (χ2v) is 6.58. The van der Waals surface area contributed by atoms with Crippen LogP contribution in [-0.2, 0) is 5.88 Å². The van der Waals surface area contributed by atoms with Crippen LogP contribution in [0, 0.1) is 0 Å². The van der Waals surface area contributed by atoms with Crippen molar-refractivity contribution in [1.82, 2.24) is 9.88 Å². The van der Waals surface area contributed by atoms with Crippen LogP contribution in [-0.4, -0.2) is 42.1 Å². The van der Waals surface area contributed by atoms with E-state index < -0.39 is 0 Å². The molecule has 112 valence electrons. The van der Waals surface area contributed by atoms with E-state index in [1.54, 1.807) is 0 Å². The Hall–Kier alpha value is -0.800. The summed E-state index contributed by atoms with van der Waals surface area (Å²) in [6.07, 6.45) is 0. The number of alkyl halides is 1. The summed E-state index contributed by atoms with van der Waals surface area (Å²) >= 11 is 6.04. The number of halogens is 1. The molecule has 2 unspecified atom stereocenters. The van der Waals surface area contributed by atoms with Crippen LogP contribution >= 0.6 is 11.6 Å². The number of likely N-dealkylation sites (N-methyl/N-ethyl adjacent to an activating group) is 1. The molecule has 0 N–H and O–H groups in total. The average molecular weight is 296 g/mol. The van der Waals surface area contributed by atoms with Crippen molar-refractivity contribution in [3.8, 4) is 0 Å². The van der Waals surface area contributed by atoms with E-state index in [1.165, 1.54) is 5.56 Å². The van der Waals surface area contributed by atoms with Gasteiger partial charge in [-0.2, -0.15) is 0 Å². The third-order valence-corrected chi connectivity index (χ3v) is 4.63. The molecule has 0 aromatic carbocycles. The number of rotatable bonds is 3. The van der Waals surface area contributed by atoms with Crippen LogP contribution in [0.15, 0.2) is 12.1 Å². The Morgan fingerprint density at radius 3 is 2.35 bits per heavy atom. The molecule has 3 nitrogen and oxygen atoms in total. The topological polar surface area (TPSA) is 19.4 Å². The lowest BCUT2D eigenvalue weighted by molar-refractivity contribution is 0.169. The van der Waals surface area contributed by atoms with Crippen LogP contribution in [0.1, 0.15) is 44.9 Å². The zero-order valence-electron chi connectivity index (χ0n) is 13.2. The lowest BCUT2D eigenvalue weighted by atomic mass is 10.1. The first-order valence-corrected chi connectivity index (χ1v) is 7.99. The van der Waals surface area contributed by atoms with E-state index in [-0.39, 0.29) is 0 Å². The van der Waals surface area contributed by atoms with E-state index in [4.69, 9.17) is 16.6 Å². The molecule has 20 heavy (non-hydrogen) atoms. The van der Waals surface area contributed by atoms with Gasteiger partial charge in [0.2, 0.25) is 0 Å². The minimum atomic E-state index is 0.430. The summed E-state index contributed by atoms with van der Waals surface area (Å²) in [5.74, 6) is 2.06. The van der Waals surface area contributed by atoms with Gasteiger partial charge in [0.1, 0.15) is 5.82 Å². The molecule has 1 aliphatic rings. The fraction of sp³-hybridized carbons (Fsp3) is 0.688. The number of aromatic nitrogens is 1. The molecule has 0 radical (unpaired) electrons. The predicted octanol–water partition coefficient (Wildman–Crippen LogP) is 3.47. The summed E-state index contributed by atoms with van der Waals surface area (Å²) in [6, 6.07) is 5.36. The zero-order chi connectivity index (χ0) is 14.9. The molecule has 1 aliphatic heterocycles.